The lowest BCUT2D eigenvalue weighted by atomic mass is 9.82. The van der Waals surface area contributed by atoms with E-state index in [1.165, 1.54) is 16.7 Å². The summed E-state index contributed by atoms with van der Waals surface area (Å²) in [5, 5.41) is 0. The summed E-state index contributed by atoms with van der Waals surface area (Å²) in [5.41, 5.74) is 15.7. The Hall–Kier alpha value is -1.12. The molecule has 1 aliphatic carbocycles. The van der Waals surface area contributed by atoms with E-state index in [2.05, 4.69) is 37.3 Å². The summed E-state index contributed by atoms with van der Waals surface area (Å²) in [7, 11) is 0. The summed E-state index contributed by atoms with van der Waals surface area (Å²) in [6, 6.07) is 8.49. The van der Waals surface area contributed by atoms with Crippen molar-refractivity contribution < 1.29 is 0 Å². The molecule has 0 spiro atoms. The van der Waals surface area contributed by atoms with Gasteiger partial charge in [0.15, 0.2) is 0 Å². The Kier molecular flexibility index (Phi) is 3.13. The molecule has 1 aliphatic rings. The molecule has 1 aromatic carbocycles. The normalized spacial score (nSPS) is 25.3. The zero-order chi connectivity index (χ0) is 11.6. The summed E-state index contributed by atoms with van der Waals surface area (Å²) in [4.78, 5) is 0. The number of hydrogen-bond acceptors (Lipinski definition) is 2. The van der Waals surface area contributed by atoms with Crippen LogP contribution in [0.25, 0.3) is 5.57 Å². The maximum absolute atomic E-state index is 6.11. The molecule has 1 atom stereocenters. The second-order valence-corrected chi connectivity index (χ2v) is 4.99. The van der Waals surface area contributed by atoms with Crippen LogP contribution in [0.1, 0.15) is 37.3 Å². The van der Waals surface area contributed by atoms with Crippen molar-refractivity contribution in [1.82, 2.24) is 0 Å². The molecule has 0 saturated heterocycles. The molecule has 16 heavy (non-hydrogen) atoms. The molecule has 4 N–H and O–H groups in total. The molecule has 0 heterocycles. The average Bonchev–Trinajstić information content (AvgIpc) is 2.29. The Balaban J connectivity index is 2.22. The van der Waals surface area contributed by atoms with E-state index in [-0.39, 0.29) is 5.54 Å². The molecule has 1 unspecified atom stereocenters. The van der Waals surface area contributed by atoms with E-state index in [0.717, 1.165) is 19.3 Å². The Labute approximate surface area is 97.3 Å². The summed E-state index contributed by atoms with van der Waals surface area (Å²) in [6.45, 7) is 2.73. The highest BCUT2D eigenvalue weighted by molar-refractivity contribution is 5.67. The minimum Gasteiger partial charge on any atom is -0.326 e. The molecule has 1 aromatic rings. The van der Waals surface area contributed by atoms with Gasteiger partial charge in [0.05, 0.1) is 0 Å². The third-order valence-electron chi connectivity index (χ3n) is 3.31. The van der Waals surface area contributed by atoms with Gasteiger partial charge in [0.2, 0.25) is 0 Å². The number of nitrogens with two attached hydrogens (primary N) is 2. The third kappa shape index (κ3) is 2.52. The fourth-order valence-electron chi connectivity index (χ4n) is 2.14. The van der Waals surface area contributed by atoms with E-state index in [1.807, 2.05) is 0 Å². The van der Waals surface area contributed by atoms with Gasteiger partial charge in [0.25, 0.3) is 0 Å². The van der Waals surface area contributed by atoms with Crippen LogP contribution in [0.15, 0.2) is 30.3 Å². The summed E-state index contributed by atoms with van der Waals surface area (Å²) >= 11 is 0. The maximum Gasteiger partial charge on any atom is 0.0178 e. The molecule has 0 amide bonds. The zero-order valence-electron chi connectivity index (χ0n) is 9.87. The van der Waals surface area contributed by atoms with E-state index in [4.69, 9.17) is 11.5 Å². The van der Waals surface area contributed by atoms with Gasteiger partial charge in [-0.25, -0.2) is 0 Å². The fraction of sp³-hybridized carbons (Fsp3) is 0.429. The van der Waals surface area contributed by atoms with Crippen LogP contribution in [0.3, 0.4) is 0 Å². The second kappa shape index (κ2) is 4.40. The van der Waals surface area contributed by atoms with Gasteiger partial charge in [-0.3, -0.25) is 0 Å². The summed E-state index contributed by atoms with van der Waals surface area (Å²) < 4.78 is 0. The Morgan fingerprint density at radius 3 is 2.81 bits per heavy atom. The van der Waals surface area contributed by atoms with Crippen molar-refractivity contribution >= 4 is 5.57 Å². The monoisotopic (exact) mass is 216 g/mol. The van der Waals surface area contributed by atoms with Crippen molar-refractivity contribution in [2.45, 2.75) is 38.3 Å². The molecule has 0 radical (unpaired) electrons. The van der Waals surface area contributed by atoms with Crippen LogP contribution in [0, 0.1) is 0 Å². The van der Waals surface area contributed by atoms with Crippen LogP contribution in [-0.4, -0.2) is 5.54 Å². The molecule has 86 valence electrons. The van der Waals surface area contributed by atoms with Gasteiger partial charge in [-0.2, -0.15) is 0 Å². The molecule has 2 rings (SSSR count). The van der Waals surface area contributed by atoms with Crippen LogP contribution in [0.4, 0.5) is 0 Å². The Bertz CT molecular complexity index is 405. The first-order chi connectivity index (χ1) is 7.61. The zero-order valence-corrected chi connectivity index (χ0v) is 9.87. The molecule has 2 nitrogen and oxygen atoms in total. The molecular weight excluding hydrogens is 196 g/mol. The van der Waals surface area contributed by atoms with Gasteiger partial charge < -0.3 is 11.5 Å². The topological polar surface area (TPSA) is 52.0 Å². The van der Waals surface area contributed by atoms with E-state index in [1.54, 1.807) is 0 Å². The van der Waals surface area contributed by atoms with Gasteiger partial charge in [0, 0.05) is 12.1 Å². The van der Waals surface area contributed by atoms with Crippen molar-refractivity contribution in [2.24, 2.45) is 11.5 Å². The van der Waals surface area contributed by atoms with Crippen LogP contribution in [0.5, 0.6) is 0 Å². The van der Waals surface area contributed by atoms with Crippen molar-refractivity contribution in [2.75, 3.05) is 0 Å². The molecule has 0 aliphatic heterocycles. The second-order valence-electron chi connectivity index (χ2n) is 4.99. The van der Waals surface area contributed by atoms with Gasteiger partial charge in [-0.1, -0.05) is 30.3 Å². The van der Waals surface area contributed by atoms with E-state index in [9.17, 15) is 0 Å². The highest BCUT2D eigenvalue weighted by Crippen LogP contribution is 2.31. The summed E-state index contributed by atoms with van der Waals surface area (Å²) in [6.07, 6.45) is 5.38. The molecule has 0 aromatic heterocycles. The van der Waals surface area contributed by atoms with Gasteiger partial charge >= 0.3 is 0 Å². The standard InChI is InChI=1S/C14H20N2/c1-14(16)7-5-12(6-8-14)13-4-2-3-11(9-13)10-15/h2-5,9H,6-8,10,15-16H2,1H3. The lowest BCUT2D eigenvalue weighted by Gasteiger charge is -2.28. The molecule has 0 saturated carbocycles. The number of allylic oxidation sites excluding steroid dienone is 1. The van der Waals surface area contributed by atoms with Crippen molar-refractivity contribution in [3.05, 3.63) is 41.5 Å². The lowest BCUT2D eigenvalue weighted by molar-refractivity contribution is 0.432. The minimum absolute atomic E-state index is 0.0189. The third-order valence-corrected chi connectivity index (χ3v) is 3.31. The smallest absolute Gasteiger partial charge is 0.0178 e. The number of hydrogen-bond donors (Lipinski definition) is 2. The Morgan fingerprint density at radius 2 is 2.19 bits per heavy atom. The van der Waals surface area contributed by atoms with Gasteiger partial charge in [0.1, 0.15) is 0 Å². The maximum atomic E-state index is 6.11. The van der Waals surface area contributed by atoms with E-state index in [0.29, 0.717) is 6.54 Å². The van der Waals surface area contributed by atoms with E-state index < -0.39 is 0 Å². The van der Waals surface area contributed by atoms with Crippen molar-refractivity contribution in [3.63, 3.8) is 0 Å². The van der Waals surface area contributed by atoms with Crippen LogP contribution in [0.2, 0.25) is 0 Å². The SMILES string of the molecule is CC1(N)CC=C(c2cccc(CN)c2)CC1. The number of rotatable bonds is 2. The molecule has 0 bridgehead atoms. The van der Waals surface area contributed by atoms with Crippen LogP contribution < -0.4 is 11.5 Å². The van der Waals surface area contributed by atoms with Crippen molar-refractivity contribution in [1.29, 1.82) is 0 Å². The van der Waals surface area contributed by atoms with Crippen LogP contribution >= 0.6 is 0 Å². The largest absolute Gasteiger partial charge is 0.326 e. The molecular formula is C14H20N2. The van der Waals surface area contributed by atoms with Crippen molar-refractivity contribution in [3.8, 4) is 0 Å². The average molecular weight is 216 g/mol. The molecule has 0 fully saturated rings. The first-order valence-electron chi connectivity index (χ1n) is 5.88. The highest BCUT2D eigenvalue weighted by Gasteiger charge is 2.22. The predicted molar refractivity (Wildman–Crippen MR) is 68.8 cm³/mol. The Morgan fingerprint density at radius 1 is 1.38 bits per heavy atom. The predicted octanol–water partition coefficient (Wildman–Crippen LogP) is 2.43. The number of benzene rings is 1. The minimum atomic E-state index is -0.0189. The quantitative estimate of drug-likeness (QED) is 0.797. The van der Waals surface area contributed by atoms with Crippen LogP contribution in [-0.2, 0) is 6.54 Å². The fourth-order valence-corrected chi connectivity index (χ4v) is 2.14. The first kappa shape index (κ1) is 11.4. The van der Waals surface area contributed by atoms with Gasteiger partial charge in [-0.05, 0) is 42.9 Å². The van der Waals surface area contributed by atoms with Gasteiger partial charge in [-0.15, -0.1) is 0 Å². The molecule has 2 heteroatoms. The first-order valence-corrected chi connectivity index (χ1v) is 5.88. The summed E-state index contributed by atoms with van der Waals surface area (Å²) in [5.74, 6) is 0. The highest BCUT2D eigenvalue weighted by atomic mass is 14.7. The lowest BCUT2D eigenvalue weighted by Crippen LogP contribution is -2.37. The van der Waals surface area contributed by atoms with E-state index >= 15 is 0 Å².